The first-order valence-electron chi connectivity index (χ1n) is 6.50. The van der Waals surface area contributed by atoms with Gasteiger partial charge in [0.25, 0.3) is 0 Å². The Labute approximate surface area is 139 Å². The van der Waals surface area contributed by atoms with E-state index in [0.29, 0.717) is 0 Å². The van der Waals surface area contributed by atoms with Gasteiger partial charge < -0.3 is 35.2 Å². The number of nitrogens with two attached hydrogens (primary N) is 1. The highest BCUT2D eigenvalue weighted by Gasteiger charge is 2.52. The number of aromatic nitrogens is 2. The van der Waals surface area contributed by atoms with Crippen molar-refractivity contribution < 1.29 is 47.6 Å². The number of phosphoric acid groups is 2. The molecular formula is C9H15N3O11P2. The van der Waals surface area contributed by atoms with Gasteiger partial charge in [-0.25, -0.2) is 13.9 Å². The van der Waals surface area contributed by atoms with Gasteiger partial charge in [-0.1, -0.05) is 0 Å². The SMILES string of the molecule is Nc1ccn([C@@H]2O[C@H](CO)[C@@H](OP(=O)(O)O)[C@H]2OP(=O)(O)O)c(=O)n1. The highest BCUT2D eigenvalue weighted by Crippen LogP contribution is 2.49. The minimum absolute atomic E-state index is 0.145. The smallest absolute Gasteiger partial charge is 0.394 e. The van der Waals surface area contributed by atoms with Crippen LogP contribution in [-0.2, 0) is 22.9 Å². The first-order chi connectivity index (χ1) is 11.4. The van der Waals surface area contributed by atoms with Crippen LogP contribution in [0.4, 0.5) is 5.82 Å². The molecule has 2 rings (SSSR count). The predicted octanol–water partition coefficient (Wildman–Crippen LogP) is -2.33. The molecule has 25 heavy (non-hydrogen) atoms. The van der Waals surface area contributed by atoms with E-state index in [1.807, 2.05) is 0 Å². The molecule has 0 aromatic carbocycles. The molecule has 0 amide bonds. The lowest BCUT2D eigenvalue weighted by Gasteiger charge is -2.24. The predicted molar refractivity (Wildman–Crippen MR) is 77.7 cm³/mol. The van der Waals surface area contributed by atoms with E-state index in [1.54, 1.807) is 0 Å². The molecule has 1 aliphatic rings. The molecule has 1 aromatic heterocycles. The molecule has 0 bridgehead atoms. The fraction of sp³-hybridized carbons (Fsp3) is 0.556. The lowest BCUT2D eigenvalue weighted by molar-refractivity contribution is -0.0541. The van der Waals surface area contributed by atoms with Gasteiger partial charge in [0.2, 0.25) is 0 Å². The van der Waals surface area contributed by atoms with Crippen LogP contribution in [0.15, 0.2) is 17.1 Å². The van der Waals surface area contributed by atoms with Crippen molar-refractivity contribution in [1.82, 2.24) is 9.55 Å². The van der Waals surface area contributed by atoms with Crippen molar-refractivity contribution in [3.05, 3.63) is 22.7 Å². The Hall–Kier alpha value is -1.18. The summed E-state index contributed by atoms with van der Waals surface area (Å²) in [5, 5.41) is 9.30. The number of phosphoric ester groups is 2. The molecule has 1 saturated heterocycles. The standard InChI is InChI=1S/C9H15N3O11P2/c10-5-1-2-12(9(14)11-5)8-7(23-25(18,19)20)6(4(3-13)21-8)22-24(15,16)17/h1-2,4,6-8,13H,3H2,(H2,10,11,14)(H2,15,16,17)(H2,18,19,20)/t4-,6-,7-,8-/m1/s1. The molecule has 4 atom stereocenters. The summed E-state index contributed by atoms with van der Waals surface area (Å²) in [6.07, 6.45) is -5.65. The van der Waals surface area contributed by atoms with Crippen LogP contribution in [0.25, 0.3) is 0 Å². The van der Waals surface area contributed by atoms with Crippen LogP contribution in [0.3, 0.4) is 0 Å². The molecule has 1 aromatic rings. The zero-order chi connectivity index (χ0) is 19.0. The second kappa shape index (κ2) is 7.21. The van der Waals surface area contributed by atoms with E-state index in [-0.39, 0.29) is 5.82 Å². The Bertz CT molecular complexity index is 772. The Morgan fingerprint density at radius 3 is 2.24 bits per heavy atom. The molecule has 14 nitrogen and oxygen atoms in total. The maximum atomic E-state index is 11.9. The maximum Gasteiger partial charge on any atom is 0.470 e. The first-order valence-corrected chi connectivity index (χ1v) is 9.56. The second-order valence-electron chi connectivity index (χ2n) is 4.91. The van der Waals surface area contributed by atoms with Gasteiger partial charge in [0.15, 0.2) is 6.23 Å². The van der Waals surface area contributed by atoms with Crippen LogP contribution in [0.1, 0.15) is 6.23 Å². The third-order valence-corrected chi connectivity index (χ3v) is 4.15. The third kappa shape index (κ3) is 5.15. The lowest BCUT2D eigenvalue weighted by atomic mass is 10.1. The van der Waals surface area contributed by atoms with Crippen molar-refractivity contribution >= 4 is 21.5 Å². The normalized spacial score (nSPS) is 27.6. The van der Waals surface area contributed by atoms with Gasteiger partial charge in [-0.2, -0.15) is 4.98 Å². The molecule has 16 heteroatoms. The quantitative estimate of drug-likeness (QED) is 0.274. The largest absolute Gasteiger partial charge is 0.470 e. The van der Waals surface area contributed by atoms with Gasteiger partial charge in [-0.15, -0.1) is 0 Å². The van der Waals surface area contributed by atoms with Crippen LogP contribution >= 0.6 is 15.6 Å². The fourth-order valence-electron chi connectivity index (χ4n) is 2.26. The van der Waals surface area contributed by atoms with E-state index in [2.05, 4.69) is 14.0 Å². The first kappa shape index (κ1) is 20.1. The van der Waals surface area contributed by atoms with Crippen molar-refractivity contribution in [2.24, 2.45) is 0 Å². The minimum Gasteiger partial charge on any atom is -0.394 e. The Morgan fingerprint density at radius 1 is 1.20 bits per heavy atom. The molecule has 0 saturated carbocycles. The molecule has 142 valence electrons. The van der Waals surface area contributed by atoms with Gasteiger partial charge in [0.1, 0.15) is 24.1 Å². The number of hydrogen-bond acceptors (Lipinski definition) is 9. The Balaban J connectivity index is 2.47. The summed E-state index contributed by atoms with van der Waals surface area (Å²) >= 11 is 0. The third-order valence-electron chi connectivity index (χ3n) is 3.11. The number of rotatable bonds is 6. The van der Waals surface area contributed by atoms with Crippen LogP contribution in [0.2, 0.25) is 0 Å². The summed E-state index contributed by atoms with van der Waals surface area (Å²) in [5.74, 6) is -0.145. The summed E-state index contributed by atoms with van der Waals surface area (Å²) in [4.78, 5) is 51.3. The zero-order valence-corrected chi connectivity index (χ0v) is 14.0. The molecule has 0 radical (unpaired) electrons. The summed E-state index contributed by atoms with van der Waals surface area (Å²) < 4.78 is 37.2. The lowest BCUT2D eigenvalue weighted by Crippen LogP contribution is -2.38. The maximum absolute atomic E-state index is 11.9. The summed E-state index contributed by atoms with van der Waals surface area (Å²) in [6, 6.07) is 1.17. The van der Waals surface area contributed by atoms with Gasteiger partial charge in [0, 0.05) is 6.20 Å². The van der Waals surface area contributed by atoms with Gasteiger partial charge in [-0.05, 0) is 6.07 Å². The number of hydrogen-bond donors (Lipinski definition) is 6. The van der Waals surface area contributed by atoms with Crippen molar-refractivity contribution in [3.8, 4) is 0 Å². The molecule has 0 unspecified atom stereocenters. The number of nitrogens with zero attached hydrogens (tertiary/aromatic N) is 2. The van der Waals surface area contributed by atoms with Crippen LogP contribution in [0, 0.1) is 0 Å². The van der Waals surface area contributed by atoms with E-state index >= 15 is 0 Å². The summed E-state index contributed by atoms with van der Waals surface area (Å²) in [7, 11) is -10.3. The summed E-state index contributed by atoms with van der Waals surface area (Å²) in [6.45, 7) is -0.848. The van der Waals surface area contributed by atoms with E-state index in [0.717, 1.165) is 10.8 Å². The highest BCUT2D eigenvalue weighted by molar-refractivity contribution is 7.46. The summed E-state index contributed by atoms with van der Waals surface area (Å²) in [5.41, 5.74) is 4.35. The zero-order valence-electron chi connectivity index (χ0n) is 12.2. The fourth-order valence-corrected chi connectivity index (χ4v) is 3.37. The van der Waals surface area contributed by atoms with Gasteiger partial charge in [0.05, 0.1) is 6.61 Å². The van der Waals surface area contributed by atoms with Crippen molar-refractivity contribution in [1.29, 1.82) is 0 Å². The number of aliphatic hydroxyl groups is 1. The van der Waals surface area contributed by atoms with E-state index in [4.69, 9.17) is 30.0 Å². The Kier molecular flexibility index (Phi) is 5.81. The number of anilines is 1. The second-order valence-corrected chi connectivity index (χ2v) is 7.30. The van der Waals surface area contributed by atoms with Crippen molar-refractivity contribution in [3.63, 3.8) is 0 Å². The van der Waals surface area contributed by atoms with Crippen molar-refractivity contribution in [2.45, 2.75) is 24.5 Å². The van der Waals surface area contributed by atoms with Crippen LogP contribution in [0.5, 0.6) is 0 Å². The number of aliphatic hydroxyl groups excluding tert-OH is 1. The molecule has 1 aliphatic heterocycles. The number of ether oxygens (including phenoxy) is 1. The molecular weight excluding hydrogens is 388 g/mol. The number of nitrogen functional groups attached to an aromatic ring is 1. The van der Waals surface area contributed by atoms with Gasteiger partial charge in [-0.3, -0.25) is 13.6 Å². The van der Waals surface area contributed by atoms with E-state index in [1.165, 1.54) is 6.07 Å². The van der Waals surface area contributed by atoms with E-state index < -0.39 is 52.5 Å². The average molecular weight is 403 g/mol. The molecule has 0 aliphatic carbocycles. The topological polar surface area (TPSA) is 224 Å². The van der Waals surface area contributed by atoms with Crippen molar-refractivity contribution in [2.75, 3.05) is 12.3 Å². The molecule has 0 spiro atoms. The molecule has 2 heterocycles. The monoisotopic (exact) mass is 403 g/mol. The Morgan fingerprint density at radius 2 is 1.76 bits per heavy atom. The van der Waals surface area contributed by atoms with Crippen LogP contribution in [-0.4, -0.2) is 59.2 Å². The molecule has 1 fully saturated rings. The molecule has 7 N–H and O–H groups in total. The van der Waals surface area contributed by atoms with E-state index in [9.17, 15) is 19.0 Å². The minimum atomic E-state index is -5.19. The highest BCUT2D eigenvalue weighted by atomic mass is 31.2. The van der Waals surface area contributed by atoms with Gasteiger partial charge >= 0.3 is 21.3 Å². The van der Waals surface area contributed by atoms with Crippen LogP contribution < -0.4 is 11.4 Å². The average Bonchev–Trinajstić information content (AvgIpc) is 2.73.